The first-order valence-corrected chi connectivity index (χ1v) is 5.85. The molecule has 0 aromatic rings. The van der Waals surface area contributed by atoms with Crippen LogP contribution in [-0.2, 0) is 19.1 Å². The largest absolute Gasteiger partial charge is 0.481 e. The monoisotopic (exact) mass is 257 g/mol. The molecule has 1 aliphatic rings. The van der Waals surface area contributed by atoms with E-state index in [-0.39, 0.29) is 12.5 Å². The lowest BCUT2D eigenvalue weighted by molar-refractivity contribution is -0.168. The molecule has 0 aromatic heterocycles. The fourth-order valence-corrected chi connectivity index (χ4v) is 1.74. The molecule has 1 fully saturated rings. The van der Waals surface area contributed by atoms with Gasteiger partial charge in [0.05, 0.1) is 11.8 Å². The number of hydrogen-bond donors (Lipinski definition) is 1. The fourth-order valence-electron chi connectivity index (χ4n) is 1.74. The number of carbonyl (C=O) groups excluding carboxylic acids is 2. The quantitative estimate of drug-likeness (QED) is 0.586. The smallest absolute Gasteiger partial charge is 0.326 e. The Kier molecular flexibility index (Phi) is 3.98. The number of aliphatic carboxylic acids is 1. The molecule has 102 valence electrons. The van der Waals surface area contributed by atoms with E-state index in [1.54, 1.807) is 20.8 Å². The summed E-state index contributed by atoms with van der Waals surface area (Å²) in [5.74, 6) is -3.00. The minimum absolute atomic E-state index is 0.112. The van der Waals surface area contributed by atoms with E-state index >= 15 is 0 Å². The van der Waals surface area contributed by atoms with Crippen molar-refractivity contribution in [2.24, 2.45) is 11.8 Å². The Morgan fingerprint density at radius 3 is 2.44 bits per heavy atom. The van der Waals surface area contributed by atoms with Crippen molar-refractivity contribution in [1.29, 1.82) is 0 Å². The summed E-state index contributed by atoms with van der Waals surface area (Å²) < 4.78 is 5.09. The van der Waals surface area contributed by atoms with Crippen LogP contribution >= 0.6 is 0 Å². The zero-order valence-electron chi connectivity index (χ0n) is 11.1. The van der Waals surface area contributed by atoms with E-state index in [9.17, 15) is 14.4 Å². The molecule has 1 unspecified atom stereocenters. The molecular formula is C12H19NO5. The zero-order chi connectivity index (χ0) is 14.1. The predicted octanol–water partition coefficient (Wildman–Crippen LogP) is 0.507. The second-order valence-corrected chi connectivity index (χ2v) is 5.54. The topological polar surface area (TPSA) is 83.9 Å². The van der Waals surface area contributed by atoms with Crippen LogP contribution in [0.4, 0.5) is 0 Å². The van der Waals surface area contributed by atoms with E-state index in [0.717, 1.165) is 0 Å². The lowest BCUT2D eigenvalue weighted by atomic mass is 9.86. The molecule has 1 heterocycles. The van der Waals surface area contributed by atoms with Crippen molar-refractivity contribution < 1.29 is 24.2 Å². The van der Waals surface area contributed by atoms with Crippen LogP contribution < -0.4 is 0 Å². The predicted molar refractivity (Wildman–Crippen MR) is 62.7 cm³/mol. The lowest BCUT2D eigenvalue weighted by Gasteiger charge is -2.39. The van der Waals surface area contributed by atoms with Crippen LogP contribution in [0.1, 0.15) is 27.7 Å². The first-order chi connectivity index (χ1) is 8.11. The van der Waals surface area contributed by atoms with Gasteiger partial charge in [0.2, 0.25) is 5.91 Å². The van der Waals surface area contributed by atoms with Crippen molar-refractivity contribution in [1.82, 2.24) is 4.90 Å². The lowest BCUT2D eigenvalue weighted by Crippen LogP contribution is -2.57. The van der Waals surface area contributed by atoms with Gasteiger partial charge >= 0.3 is 11.9 Å². The third-order valence-corrected chi connectivity index (χ3v) is 2.78. The Hall–Kier alpha value is -1.59. The summed E-state index contributed by atoms with van der Waals surface area (Å²) in [5, 5.41) is 8.79. The molecule has 6 nitrogen and oxygen atoms in total. The summed E-state index contributed by atoms with van der Waals surface area (Å²) in [5.41, 5.74) is -0.585. The Balaban J connectivity index is 2.43. The second kappa shape index (κ2) is 4.96. The van der Waals surface area contributed by atoms with Crippen LogP contribution in [0.2, 0.25) is 0 Å². The molecule has 0 aromatic carbocycles. The molecule has 1 saturated heterocycles. The number of rotatable bonds is 4. The SMILES string of the molecule is C[C@@H](C(=O)O)C1CN(CC(=O)OC(C)(C)C)C1=O. The maximum Gasteiger partial charge on any atom is 0.326 e. The number of hydrogen-bond acceptors (Lipinski definition) is 4. The van der Waals surface area contributed by atoms with Crippen LogP contribution in [0.3, 0.4) is 0 Å². The summed E-state index contributed by atoms with van der Waals surface area (Å²) in [7, 11) is 0. The molecule has 2 atom stereocenters. The summed E-state index contributed by atoms with van der Waals surface area (Å²) >= 11 is 0. The molecule has 1 N–H and O–H groups in total. The van der Waals surface area contributed by atoms with E-state index in [1.165, 1.54) is 11.8 Å². The van der Waals surface area contributed by atoms with Crippen LogP contribution in [0.25, 0.3) is 0 Å². The van der Waals surface area contributed by atoms with Crippen molar-refractivity contribution in [2.45, 2.75) is 33.3 Å². The highest BCUT2D eigenvalue weighted by molar-refractivity contribution is 5.91. The maximum absolute atomic E-state index is 11.7. The van der Waals surface area contributed by atoms with Gasteiger partial charge in [-0.25, -0.2) is 0 Å². The normalized spacial score (nSPS) is 21.2. The Morgan fingerprint density at radius 1 is 1.50 bits per heavy atom. The van der Waals surface area contributed by atoms with Gasteiger partial charge in [-0.05, 0) is 20.8 Å². The first kappa shape index (κ1) is 14.5. The van der Waals surface area contributed by atoms with Gasteiger partial charge in [0, 0.05) is 6.54 Å². The van der Waals surface area contributed by atoms with Gasteiger partial charge < -0.3 is 14.7 Å². The average molecular weight is 257 g/mol. The van der Waals surface area contributed by atoms with Crippen molar-refractivity contribution in [3.05, 3.63) is 0 Å². The molecule has 0 saturated carbocycles. The summed E-state index contributed by atoms with van der Waals surface area (Å²) in [6, 6.07) is 0. The van der Waals surface area contributed by atoms with Crippen LogP contribution in [-0.4, -0.2) is 46.5 Å². The fraction of sp³-hybridized carbons (Fsp3) is 0.750. The number of carboxylic acids is 1. The van der Waals surface area contributed by atoms with Gasteiger partial charge in [-0.1, -0.05) is 6.92 Å². The van der Waals surface area contributed by atoms with Crippen molar-refractivity contribution in [2.75, 3.05) is 13.1 Å². The zero-order valence-corrected chi connectivity index (χ0v) is 11.1. The molecule has 0 radical (unpaired) electrons. The Bertz CT molecular complexity index is 371. The number of carboxylic acid groups (broad SMARTS) is 1. The van der Waals surface area contributed by atoms with Crippen molar-refractivity contribution in [3.8, 4) is 0 Å². The van der Waals surface area contributed by atoms with Gasteiger partial charge in [-0.2, -0.15) is 0 Å². The van der Waals surface area contributed by atoms with Gasteiger partial charge in [0.1, 0.15) is 12.1 Å². The molecule has 0 bridgehead atoms. The number of carbonyl (C=O) groups is 3. The summed E-state index contributed by atoms with van der Waals surface area (Å²) in [6.07, 6.45) is 0. The maximum atomic E-state index is 11.7. The molecule has 0 spiro atoms. The van der Waals surface area contributed by atoms with Crippen LogP contribution in [0, 0.1) is 11.8 Å². The van der Waals surface area contributed by atoms with Crippen LogP contribution in [0.15, 0.2) is 0 Å². The van der Waals surface area contributed by atoms with Gasteiger partial charge in [-0.15, -0.1) is 0 Å². The van der Waals surface area contributed by atoms with E-state index in [4.69, 9.17) is 9.84 Å². The Morgan fingerprint density at radius 2 is 2.06 bits per heavy atom. The van der Waals surface area contributed by atoms with Gasteiger partial charge in [0.15, 0.2) is 0 Å². The molecule has 0 aliphatic carbocycles. The number of β-lactam (4-membered cyclic amide) rings is 1. The number of ether oxygens (including phenoxy) is 1. The van der Waals surface area contributed by atoms with E-state index in [0.29, 0.717) is 6.54 Å². The minimum Gasteiger partial charge on any atom is -0.481 e. The third kappa shape index (κ3) is 3.45. The number of esters is 1. The average Bonchev–Trinajstić information content (AvgIpc) is 2.19. The number of likely N-dealkylation sites (tertiary alicyclic amines) is 1. The second-order valence-electron chi connectivity index (χ2n) is 5.54. The standard InChI is InChI=1S/C12H19NO5/c1-7(11(16)17)8-5-13(10(8)15)6-9(14)18-12(2,3)4/h7-8H,5-6H2,1-4H3,(H,16,17)/t7-,8?/m1/s1. The van der Waals surface area contributed by atoms with E-state index in [2.05, 4.69) is 0 Å². The molecule has 18 heavy (non-hydrogen) atoms. The van der Waals surface area contributed by atoms with Crippen molar-refractivity contribution >= 4 is 17.8 Å². The highest BCUT2D eigenvalue weighted by Crippen LogP contribution is 2.25. The van der Waals surface area contributed by atoms with E-state index < -0.39 is 29.4 Å². The van der Waals surface area contributed by atoms with Gasteiger partial charge in [-0.3, -0.25) is 14.4 Å². The number of nitrogens with zero attached hydrogens (tertiary/aromatic N) is 1. The first-order valence-electron chi connectivity index (χ1n) is 5.85. The summed E-state index contributed by atoms with van der Waals surface area (Å²) in [6.45, 7) is 6.93. The number of amides is 1. The summed E-state index contributed by atoms with van der Waals surface area (Å²) in [4.78, 5) is 35.2. The Labute approximate surface area is 106 Å². The van der Waals surface area contributed by atoms with Crippen LogP contribution in [0.5, 0.6) is 0 Å². The molecule has 1 rings (SSSR count). The third-order valence-electron chi connectivity index (χ3n) is 2.78. The van der Waals surface area contributed by atoms with Crippen molar-refractivity contribution in [3.63, 3.8) is 0 Å². The van der Waals surface area contributed by atoms with Gasteiger partial charge in [0.25, 0.3) is 0 Å². The van der Waals surface area contributed by atoms with E-state index in [1.807, 2.05) is 0 Å². The minimum atomic E-state index is -0.995. The highest BCUT2D eigenvalue weighted by Gasteiger charge is 2.43. The molecule has 6 heteroatoms. The highest BCUT2D eigenvalue weighted by atomic mass is 16.6. The molecule has 1 amide bonds. The molecular weight excluding hydrogens is 238 g/mol. The molecule has 1 aliphatic heterocycles.